The Bertz CT molecular complexity index is 1910. The molecule has 0 atom stereocenters. The monoisotopic (exact) mass is 532 g/mol. The molecule has 1 saturated heterocycles. The van der Waals surface area contributed by atoms with Crippen LogP contribution in [0.5, 0.6) is 0 Å². The summed E-state index contributed by atoms with van der Waals surface area (Å²) in [4.78, 5) is 47.1. The topological polar surface area (TPSA) is 124 Å². The van der Waals surface area contributed by atoms with Crippen molar-refractivity contribution in [3.8, 4) is 23.0 Å². The van der Waals surface area contributed by atoms with E-state index in [1.165, 1.54) is 10.8 Å². The predicted octanol–water partition coefficient (Wildman–Crippen LogP) is 3.24. The number of hydrogen-bond donors (Lipinski definition) is 1. The van der Waals surface area contributed by atoms with Crippen LogP contribution in [-0.4, -0.2) is 62.6 Å². The van der Waals surface area contributed by atoms with Crippen molar-refractivity contribution in [2.75, 3.05) is 38.1 Å². The summed E-state index contributed by atoms with van der Waals surface area (Å²) in [6.07, 6.45) is 3.26. The number of anilines is 1. The lowest BCUT2D eigenvalue weighted by Crippen LogP contribution is -2.44. The van der Waals surface area contributed by atoms with Gasteiger partial charge in [0, 0.05) is 44.1 Å². The van der Waals surface area contributed by atoms with Gasteiger partial charge in [-0.1, -0.05) is 12.1 Å². The van der Waals surface area contributed by atoms with E-state index in [0.29, 0.717) is 27.9 Å². The van der Waals surface area contributed by atoms with Gasteiger partial charge >= 0.3 is 5.69 Å². The molecule has 0 spiro atoms. The third kappa shape index (κ3) is 4.40. The number of nitrogens with one attached hydrogen (secondary N) is 1. The molecule has 0 radical (unpaired) electrons. The molecule has 0 unspecified atom stereocenters. The molecule has 1 N–H and O–H groups in total. The van der Waals surface area contributed by atoms with Crippen LogP contribution >= 0.6 is 0 Å². The van der Waals surface area contributed by atoms with Gasteiger partial charge in [0.1, 0.15) is 11.3 Å². The van der Waals surface area contributed by atoms with E-state index in [9.17, 15) is 14.9 Å². The molecule has 1 aliphatic rings. The molecule has 1 aliphatic heterocycles. The lowest BCUT2D eigenvalue weighted by atomic mass is 9.86. The Morgan fingerprint density at radius 1 is 0.975 bits per heavy atom. The van der Waals surface area contributed by atoms with Crippen molar-refractivity contribution in [2.24, 2.45) is 0 Å². The second-order valence-corrected chi connectivity index (χ2v) is 10.7. The van der Waals surface area contributed by atoms with Crippen LogP contribution in [0.1, 0.15) is 19.4 Å². The zero-order valence-corrected chi connectivity index (χ0v) is 22.5. The normalized spacial score (nSPS) is 14.5. The van der Waals surface area contributed by atoms with E-state index in [-0.39, 0.29) is 5.39 Å². The molecule has 6 rings (SSSR count). The fourth-order valence-electron chi connectivity index (χ4n) is 5.03. The summed E-state index contributed by atoms with van der Waals surface area (Å²) in [5.74, 6) is 0.922. The number of aromatic amines is 1. The Kier molecular flexibility index (Phi) is 6.16. The van der Waals surface area contributed by atoms with E-state index in [1.807, 2.05) is 44.2 Å². The number of aromatic nitrogens is 5. The Labute approximate surface area is 230 Å². The standard InChI is InChI=1S/C30H28N8O2/c1-30(2,18-31)20-5-4-6-21(15-20)38-27-22(28(39)35-29(38)40)17-32-24-9-8-23(34-26(24)27)19-7-10-25(33-16-19)37-13-11-36(3)12-14-37/h4-10,15-17H,11-14H2,1-3H3,(H,35,39,40). The van der Waals surface area contributed by atoms with Gasteiger partial charge in [0.05, 0.1) is 39.3 Å². The molecule has 0 amide bonds. The van der Waals surface area contributed by atoms with E-state index in [2.05, 4.69) is 32.9 Å². The Balaban J connectivity index is 1.51. The van der Waals surface area contributed by atoms with E-state index < -0.39 is 16.7 Å². The summed E-state index contributed by atoms with van der Waals surface area (Å²) < 4.78 is 1.43. The number of nitriles is 1. The van der Waals surface area contributed by atoms with Gasteiger partial charge in [0.15, 0.2) is 0 Å². The number of H-pyrrole nitrogens is 1. The Morgan fingerprint density at radius 3 is 2.50 bits per heavy atom. The summed E-state index contributed by atoms with van der Waals surface area (Å²) >= 11 is 0. The maximum absolute atomic E-state index is 13.3. The maximum Gasteiger partial charge on any atom is 0.333 e. The van der Waals surface area contributed by atoms with Gasteiger partial charge in [0.2, 0.25) is 0 Å². The summed E-state index contributed by atoms with van der Waals surface area (Å²) in [6.45, 7) is 7.47. The molecule has 10 heteroatoms. The second kappa shape index (κ2) is 9.70. The van der Waals surface area contributed by atoms with Gasteiger partial charge in [-0.25, -0.2) is 14.8 Å². The van der Waals surface area contributed by atoms with Crippen LogP contribution in [0.15, 0.2) is 70.5 Å². The first-order valence-electron chi connectivity index (χ1n) is 13.1. The summed E-state index contributed by atoms with van der Waals surface area (Å²) in [5, 5.41) is 9.90. The number of benzene rings is 1. The van der Waals surface area contributed by atoms with Gasteiger partial charge < -0.3 is 9.80 Å². The Morgan fingerprint density at radius 2 is 1.77 bits per heavy atom. The third-order valence-electron chi connectivity index (χ3n) is 7.55. The number of pyridine rings is 3. The third-order valence-corrected chi connectivity index (χ3v) is 7.55. The highest BCUT2D eigenvalue weighted by molar-refractivity contribution is 6.01. The molecule has 1 aromatic carbocycles. The summed E-state index contributed by atoms with van der Waals surface area (Å²) in [6, 6.07) is 17.2. The highest BCUT2D eigenvalue weighted by atomic mass is 16.2. The molecule has 0 bridgehead atoms. The molecule has 200 valence electrons. The average molecular weight is 533 g/mol. The molecule has 10 nitrogen and oxygen atoms in total. The fourth-order valence-corrected chi connectivity index (χ4v) is 5.03. The van der Waals surface area contributed by atoms with Crippen LogP contribution in [0.4, 0.5) is 5.82 Å². The quantitative estimate of drug-likeness (QED) is 0.350. The largest absolute Gasteiger partial charge is 0.354 e. The van der Waals surface area contributed by atoms with Gasteiger partial charge in [-0.15, -0.1) is 0 Å². The molecular weight excluding hydrogens is 504 g/mol. The first-order chi connectivity index (χ1) is 19.2. The number of likely N-dealkylation sites (N-methyl/N-ethyl adjacent to an activating group) is 1. The van der Waals surface area contributed by atoms with Crippen molar-refractivity contribution in [1.82, 2.24) is 29.4 Å². The maximum atomic E-state index is 13.3. The van der Waals surface area contributed by atoms with Crippen molar-refractivity contribution >= 4 is 27.8 Å². The highest BCUT2D eigenvalue weighted by Gasteiger charge is 2.22. The summed E-state index contributed by atoms with van der Waals surface area (Å²) in [7, 11) is 2.12. The van der Waals surface area contributed by atoms with Crippen molar-refractivity contribution < 1.29 is 0 Å². The SMILES string of the molecule is CN1CCN(c2ccc(-c3ccc4ncc5c(=O)[nH]c(=O)n(-c6cccc(C(C)(C)C#N)c6)c5c4n3)cn2)CC1. The van der Waals surface area contributed by atoms with Crippen LogP contribution in [0.3, 0.4) is 0 Å². The predicted molar refractivity (Wildman–Crippen MR) is 155 cm³/mol. The molecule has 0 aliphatic carbocycles. The van der Waals surface area contributed by atoms with Crippen LogP contribution in [-0.2, 0) is 5.41 Å². The number of hydrogen-bond acceptors (Lipinski definition) is 8. The van der Waals surface area contributed by atoms with Crippen LogP contribution in [0.25, 0.3) is 38.9 Å². The second-order valence-electron chi connectivity index (χ2n) is 10.7. The van der Waals surface area contributed by atoms with Crippen molar-refractivity contribution in [3.63, 3.8) is 0 Å². The number of fused-ring (bicyclic) bond motifs is 3. The first kappa shape index (κ1) is 25.4. The first-order valence-corrected chi connectivity index (χ1v) is 13.1. The molecule has 5 heterocycles. The molecule has 0 saturated carbocycles. The smallest absolute Gasteiger partial charge is 0.333 e. The number of piperazine rings is 1. The lowest BCUT2D eigenvalue weighted by molar-refractivity contribution is 0.312. The minimum Gasteiger partial charge on any atom is -0.354 e. The molecular formula is C30H28N8O2. The highest BCUT2D eigenvalue weighted by Crippen LogP contribution is 2.28. The minimum atomic E-state index is -0.768. The minimum absolute atomic E-state index is 0.241. The molecule has 40 heavy (non-hydrogen) atoms. The fraction of sp³-hybridized carbons (Fsp3) is 0.267. The van der Waals surface area contributed by atoms with Crippen molar-refractivity contribution in [3.05, 3.63) is 87.3 Å². The van der Waals surface area contributed by atoms with Gasteiger partial charge in [-0.05, 0) is 62.9 Å². The van der Waals surface area contributed by atoms with E-state index in [1.54, 1.807) is 24.4 Å². The molecule has 4 aromatic heterocycles. The number of nitrogens with zero attached hydrogens (tertiary/aromatic N) is 7. The molecule has 1 fully saturated rings. The zero-order chi connectivity index (χ0) is 28.0. The number of rotatable bonds is 4. The van der Waals surface area contributed by atoms with E-state index in [0.717, 1.165) is 43.1 Å². The van der Waals surface area contributed by atoms with Gasteiger partial charge in [-0.2, -0.15) is 5.26 Å². The summed E-state index contributed by atoms with van der Waals surface area (Å²) in [5.41, 5.74) is 2.15. The van der Waals surface area contributed by atoms with Crippen molar-refractivity contribution in [1.29, 1.82) is 5.26 Å². The lowest BCUT2D eigenvalue weighted by Gasteiger charge is -2.33. The van der Waals surface area contributed by atoms with E-state index >= 15 is 0 Å². The Hall–Kier alpha value is -4.88. The molecule has 5 aromatic rings. The van der Waals surface area contributed by atoms with Crippen LogP contribution < -0.4 is 16.1 Å². The van der Waals surface area contributed by atoms with Gasteiger partial charge in [0.25, 0.3) is 5.56 Å². The van der Waals surface area contributed by atoms with Crippen molar-refractivity contribution in [2.45, 2.75) is 19.3 Å². The van der Waals surface area contributed by atoms with Gasteiger partial charge in [-0.3, -0.25) is 19.3 Å². The average Bonchev–Trinajstić information content (AvgIpc) is 2.97. The van der Waals surface area contributed by atoms with Crippen LogP contribution in [0, 0.1) is 11.3 Å². The van der Waals surface area contributed by atoms with E-state index in [4.69, 9.17) is 9.97 Å². The zero-order valence-electron chi connectivity index (χ0n) is 22.5. The van der Waals surface area contributed by atoms with Crippen LogP contribution in [0.2, 0.25) is 0 Å².